The van der Waals surface area contributed by atoms with Crippen molar-refractivity contribution in [2.75, 3.05) is 13.7 Å². The molecule has 0 saturated heterocycles. The van der Waals surface area contributed by atoms with Crippen LogP contribution in [0.2, 0.25) is 0 Å². The van der Waals surface area contributed by atoms with Gasteiger partial charge < -0.3 is 10.1 Å². The van der Waals surface area contributed by atoms with Crippen LogP contribution in [0.25, 0.3) is 0 Å². The molecule has 1 saturated carbocycles. The van der Waals surface area contributed by atoms with Crippen LogP contribution >= 0.6 is 0 Å². The molecule has 0 amide bonds. The number of benzene rings is 1. The zero-order valence-corrected chi connectivity index (χ0v) is 12.5. The van der Waals surface area contributed by atoms with Gasteiger partial charge in [0.1, 0.15) is 12.4 Å². The average molecular weight is 261 g/mol. The first-order valence-corrected chi connectivity index (χ1v) is 7.58. The van der Waals surface area contributed by atoms with Crippen LogP contribution in [0.15, 0.2) is 18.2 Å². The van der Waals surface area contributed by atoms with Crippen LogP contribution in [0.3, 0.4) is 0 Å². The fraction of sp³-hybridized carbons (Fsp3) is 0.647. The van der Waals surface area contributed by atoms with Gasteiger partial charge in [-0.2, -0.15) is 0 Å². The van der Waals surface area contributed by atoms with Crippen LogP contribution in [-0.2, 0) is 0 Å². The van der Waals surface area contributed by atoms with E-state index < -0.39 is 0 Å². The summed E-state index contributed by atoms with van der Waals surface area (Å²) in [5.41, 5.74) is 2.47. The maximum atomic E-state index is 6.11. The Hall–Kier alpha value is -1.02. The fourth-order valence-electron chi connectivity index (χ4n) is 3.19. The standard InChI is InChI=1S/C17H27NO/c1-13-8-7-9-14(2)17(13)19-12-16(18-3)15-10-5-4-6-11-15/h7-9,15-16,18H,4-6,10-12H2,1-3H3. The summed E-state index contributed by atoms with van der Waals surface area (Å²) in [5, 5.41) is 3.46. The van der Waals surface area contributed by atoms with Crippen LogP contribution in [0.5, 0.6) is 5.75 Å². The summed E-state index contributed by atoms with van der Waals surface area (Å²) in [4.78, 5) is 0. The van der Waals surface area contributed by atoms with Crippen LogP contribution in [0, 0.1) is 19.8 Å². The second kappa shape index (κ2) is 6.95. The lowest BCUT2D eigenvalue weighted by molar-refractivity contribution is 0.191. The molecule has 19 heavy (non-hydrogen) atoms. The van der Waals surface area contributed by atoms with Gasteiger partial charge in [0.15, 0.2) is 0 Å². The molecule has 1 fully saturated rings. The van der Waals surface area contributed by atoms with Crippen molar-refractivity contribution in [1.82, 2.24) is 5.32 Å². The fourth-order valence-corrected chi connectivity index (χ4v) is 3.19. The lowest BCUT2D eigenvalue weighted by Crippen LogP contribution is -2.39. The Morgan fingerprint density at radius 3 is 2.37 bits per heavy atom. The van der Waals surface area contributed by atoms with Gasteiger partial charge >= 0.3 is 0 Å². The predicted molar refractivity (Wildman–Crippen MR) is 80.8 cm³/mol. The molecule has 1 aliphatic carbocycles. The second-order valence-corrected chi connectivity index (χ2v) is 5.83. The van der Waals surface area contributed by atoms with Gasteiger partial charge in [0, 0.05) is 6.04 Å². The summed E-state index contributed by atoms with van der Waals surface area (Å²) in [5.74, 6) is 1.85. The number of hydrogen-bond donors (Lipinski definition) is 1. The van der Waals surface area contributed by atoms with E-state index in [4.69, 9.17) is 4.74 Å². The van der Waals surface area contributed by atoms with Gasteiger partial charge in [0.25, 0.3) is 0 Å². The molecule has 1 unspecified atom stereocenters. The van der Waals surface area contributed by atoms with Gasteiger partial charge in [-0.3, -0.25) is 0 Å². The van der Waals surface area contributed by atoms with Crippen molar-refractivity contribution in [2.45, 2.75) is 52.0 Å². The SMILES string of the molecule is CNC(COc1c(C)cccc1C)C1CCCCC1. The Morgan fingerprint density at radius 1 is 1.16 bits per heavy atom. The number of likely N-dealkylation sites (N-methyl/N-ethyl adjacent to an activating group) is 1. The highest BCUT2D eigenvalue weighted by Crippen LogP contribution is 2.28. The van der Waals surface area contributed by atoms with Crippen molar-refractivity contribution in [1.29, 1.82) is 0 Å². The van der Waals surface area contributed by atoms with Gasteiger partial charge in [0.2, 0.25) is 0 Å². The summed E-state index contributed by atoms with van der Waals surface area (Å²) in [6.07, 6.45) is 6.87. The number of hydrogen-bond acceptors (Lipinski definition) is 2. The quantitative estimate of drug-likeness (QED) is 0.869. The number of para-hydroxylation sites is 1. The van der Waals surface area contributed by atoms with E-state index in [9.17, 15) is 0 Å². The van der Waals surface area contributed by atoms with Gasteiger partial charge in [-0.05, 0) is 50.8 Å². The Morgan fingerprint density at radius 2 is 1.79 bits per heavy atom. The zero-order chi connectivity index (χ0) is 13.7. The number of nitrogens with one attached hydrogen (secondary N) is 1. The lowest BCUT2D eigenvalue weighted by Gasteiger charge is -2.30. The van der Waals surface area contributed by atoms with E-state index in [-0.39, 0.29) is 0 Å². The highest BCUT2D eigenvalue weighted by Gasteiger charge is 2.23. The molecule has 1 aromatic rings. The van der Waals surface area contributed by atoms with E-state index >= 15 is 0 Å². The van der Waals surface area contributed by atoms with E-state index in [1.54, 1.807) is 0 Å². The van der Waals surface area contributed by atoms with Crippen LogP contribution in [-0.4, -0.2) is 19.7 Å². The minimum atomic E-state index is 0.485. The third kappa shape index (κ3) is 3.73. The third-order valence-corrected chi connectivity index (χ3v) is 4.41. The van der Waals surface area contributed by atoms with Crippen molar-refractivity contribution in [3.05, 3.63) is 29.3 Å². The first kappa shape index (κ1) is 14.4. The number of ether oxygens (including phenoxy) is 1. The molecular weight excluding hydrogens is 234 g/mol. The number of rotatable bonds is 5. The second-order valence-electron chi connectivity index (χ2n) is 5.83. The molecule has 2 nitrogen and oxygen atoms in total. The topological polar surface area (TPSA) is 21.3 Å². The van der Waals surface area contributed by atoms with Crippen molar-refractivity contribution in [2.24, 2.45) is 5.92 Å². The van der Waals surface area contributed by atoms with E-state index in [0.29, 0.717) is 6.04 Å². The predicted octanol–water partition coefficient (Wildman–Crippen LogP) is 3.85. The summed E-state index contributed by atoms with van der Waals surface area (Å²) >= 11 is 0. The molecule has 106 valence electrons. The molecule has 2 heteroatoms. The zero-order valence-electron chi connectivity index (χ0n) is 12.5. The summed E-state index contributed by atoms with van der Waals surface area (Å²) in [6, 6.07) is 6.82. The molecule has 0 heterocycles. The molecule has 1 aromatic carbocycles. The summed E-state index contributed by atoms with van der Waals surface area (Å²) in [7, 11) is 2.06. The first-order valence-electron chi connectivity index (χ1n) is 7.58. The third-order valence-electron chi connectivity index (χ3n) is 4.41. The van der Waals surface area contributed by atoms with Crippen molar-refractivity contribution < 1.29 is 4.74 Å². The van der Waals surface area contributed by atoms with Gasteiger partial charge in [-0.15, -0.1) is 0 Å². The highest BCUT2D eigenvalue weighted by molar-refractivity contribution is 5.39. The van der Waals surface area contributed by atoms with Crippen LogP contribution < -0.4 is 10.1 Å². The molecule has 0 aromatic heterocycles. The Bertz CT molecular complexity index is 376. The van der Waals surface area contributed by atoms with E-state index in [1.165, 1.54) is 43.2 Å². The number of aryl methyl sites for hydroxylation is 2. The summed E-state index contributed by atoms with van der Waals surface area (Å²) < 4.78 is 6.11. The Kier molecular flexibility index (Phi) is 5.26. The molecule has 0 bridgehead atoms. The summed E-state index contributed by atoms with van der Waals surface area (Å²) in [6.45, 7) is 5.03. The molecule has 0 spiro atoms. The van der Waals surface area contributed by atoms with Crippen molar-refractivity contribution in [3.63, 3.8) is 0 Å². The van der Waals surface area contributed by atoms with E-state index in [2.05, 4.69) is 44.4 Å². The van der Waals surface area contributed by atoms with E-state index in [0.717, 1.165) is 18.3 Å². The van der Waals surface area contributed by atoms with Gasteiger partial charge in [-0.1, -0.05) is 37.5 Å². The smallest absolute Gasteiger partial charge is 0.125 e. The van der Waals surface area contributed by atoms with Gasteiger partial charge in [-0.25, -0.2) is 0 Å². The molecule has 1 atom stereocenters. The van der Waals surface area contributed by atoms with Gasteiger partial charge in [0.05, 0.1) is 0 Å². The molecule has 0 radical (unpaired) electrons. The van der Waals surface area contributed by atoms with Crippen LogP contribution in [0.4, 0.5) is 0 Å². The van der Waals surface area contributed by atoms with Crippen molar-refractivity contribution >= 4 is 0 Å². The van der Waals surface area contributed by atoms with E-state index in [1.807, 2.05) is 0 Å². The Labute approximate surface area is 117 Å². The molecule has 1 aliphatic rings. The maximum absolute atomic E-state index is 6.11. The lowest BCUT2D eigenvalue weighted by atomic mass is 9.84. The van der Waals surface area contributed by atoms with Crippen molar-refractivity contribution in [3.8, 4) is 5.75 Å². The minimum Gasteiger partial charge on any atom is -0.491 e. The van der Waals surface area contributed by atoms with Crippen LogP contribution in [0.1, 0.15) is 43.2 Å². The molecular formula is C17H27NO. The molecule has 0 aliphatic heterocycles. The molecule has 1 N–H and O–H groups in total. The highest BCUT2D eigenvalue weighted by atomic mass is 16.5. The Balaban J connectivity index is 1.95. The average Bonchev–Trinajstić information content (AvgIpc) is 2.43. The first-order chi connectivity index (χ1) is 9.22. The monoisotopic (exact) mass is 261 g/mol. The molecule has 2 rings (SSSR count). The normalized spacial score (nSPS) is 18.3. The maximum Gasteiger partial charge on any atom is 0.125 e. The largest absolute Gasteiger partial charge is 0.491 e. The minimum absolute atomic E-state index is 0.485.